The summed E-state index contributed by atoms with van der Waals surface area (Å²) in [6.45, 7) is 0.996. The number of aromatic nitrogens is 2. The molecule has 32 heavy (non-hydrogen) atoms. The van der Waals surface area contributed by atoms with Crippen molar-refractivity contribution in [3.8, 4) is 23.2 Å². The third-order valence-corrected chi connectivity index (χ3v) is 4.85. The maximum atomic E-state index is 14.5. The van der Waals surface area contributed by atoms with Gasteiger partial charge >= 0.3 is 0 Å². The highest BCUT2D eigenvalue weighted by molar-refractivity contribution is 5.96. The zero-order chi connectivity index (χ0) is 23.5. The zero-order valence-corrected chi connectivity index (χ0v) is 17.4. The highest BCUT2D eigenvalue weighted by atomic mass is 19.1. The average Bonchev–Trinajstić information content (AvgIpc) is 3.01. The van der Waals surface area contributed by atoms with Crippen LogP contribution in [0, 0.1) is 23.5 Å². The number of primary amides is 1. The van der Waals surface area contributed by atoms with Gasteiger partial charge in [0.1, 0.15) is 11.6 Å². The summed E-state index contributed by atoms with van der Waals surface area (Å²) in [6, 6.07) is 1.63. The molecule has 1 fully saturated rings. The van der Waals surface area contributed by atoms with E-state index in [9.17, 15) is 23.5 Å². The largest absolute Gasteiger partial charge is 0.383 e. The molecule has 0 aliphatic carbocycles. The molecule has 1 aliphatic rings. The average molecular weight is 445 g/mol. The molecule has 11 heteroatoms. The number of nitrogens with one attached hydrogen (secondary N) is 1. The fourth-order valence-corrected chi connectivity index (χ4v) is 3.07. The standard InChI is InChI=1S/C21H21F2N5O4/c1-28-7-5-21(31,20(28)30)4-3-12-9-13(15(23)10-14(12)22)19-26-11-16(25-6-8-32-2)17(27-19)18(24)29/h9-11,25,31H,5-8H2,1-2H3,(H2,24,29)/t21-/m0/s1. The van der Waals surface area contributed by atoms with E-state index in [0.29, 0.717) is 25.8 Å². The number of methoxy groups -OCH3 is 1. The highest BCUT2D eigenvalue weighted by Gasteiger charge is 2.42. The minimum atomic E-state index is -1.94. The highest BCUT2D eigenvalue weighted by Crippen LogP contribution is 2.26. The topological polar surface area (TPSA) is 131 Å². The van der Waals surface area contributed by atoms with Crippen molar-refractivity contribution < 1.29 is 28.2 Å². The van der Waals surface area contributed by atoms with Crippen LogP contribution in [0.1, 0.15) is 22.5 Å². The van der Waals surface area contributed by atoms with Gasteiger partial charge in [0, 0.05) is 39.7 Å². The van der Waals surface area contributed by atoms with Gasteiger partial charge in [-0.1, -0.05) is 11.8 Å². The molecule has 1 saturated heterocycles. The van der Waals surface area contributed by atoms with E-state index in [2.05, 4.69) is 27.1 Å². The van der Waals surface area contributed by atoms with Gasteiger partial charge in [-0.15, -0.1) is 0 Å². The molecule has 9 nitrogen and oxygen atoms in total. The molecule has 0 radical (unpaired) electrons. The fraction of sp³-hybridized carbons (Fsp3) is 0.333. The molecule has 0 unspecified atom stereocenters. The molecule has 168 valence electrons. The first-order chi connectivity index (χ1) is 15.2. The summed E-state index contributed by atoms with van der Waals surface area (Å²) in [5, 5.41) is 13.3. The molecule has 1 aromatic heterocycles. The summed E-state index contributed by atoms with van der Waals surface area (Å²) >= 11 is 0. The van der Waals surface area contributed by atoms with Gasteiger partial charge < -0.3 is 25.8 Å². The molecule has 1 aromatic carbocycles. The quantitative estimate of drug-likeness (QED) is 0.437. The fourth-order valence-electron chi connectivity index (χ4n) is 3.07. The molecule has 1 atom stereocenters. The Morgan fingerprint density at radius 3 is 2.78 bits per heavy atom. The molecule has 2 heterocycles. The van der Waals surface area contributed by atoms with Crippen LogP contribution in [0.3, 0.4) is 0 Å². The van der Waals surface area contributed by atoms with Crippen LogP contribution >= 0.6 is 0 Å². The Hall–Kier alpha value is -3.62. The summed E-state index contributed by atoms with van der Waals surface area (Å²) < 4.78 is 33.7. The van der Waals surface area contributed by atoms with Crippen LogP contribution in [0.15, 0.2) is 18.3 Å². The number of halogens is 2. The molecule has 2 amide bonds. The van der Waals surface area contributed by atoms with Gasteiger partial charge in [0.25, 0.3) is 11.8 Å². The first-order valence-electron chi connectivity index (χ1n) is 9.56. The number of hydrogen-bond acceptors (Lipinski definition) is 7. The van der Waals surface area contributed by atoms with Gasteiger partial charge in [-0.05, 0) is 6.07 Å². The van der Waals surface area contributed by atoms with Crippen LogP contribution in [0.2, 0.25) is 0 Å². The zero-order valence-electron chi connectivity index (χ0n) is 17.4. The lowest BCUT2D eigenvalue weighted by Crippen LogP contribution is -2.37. The molecule has 3 rings (SSSR count). The molecule has 4 N–H and O–H groups in total. The first kappa shape index (κ1) is 23.1. The Morgan fingerprint density at radius 2 is 2.16 bits per heavy atom. The van der Waals surface area contributed by atoms with Crippen LogP contribution in [0.5, 0.6) is 0 Å². The smallest absolute Gasteiger partial charge is 0.269 e. The predicted octanol–water partition coefficient (Wildman–Crippen LogP) is 0.524. The van der Waals surface area contributed by atoms with Crippen molar-refractivity contribution in [2.24, 2.45) is 5.73 Å². The number of benzene rings is 1. The lowest BCUT2D eigenvalue weighted by Gasteiger charge is -2.13. The van der Waals surface area contributed by atoms with Gasteiger partial charge in [-0.25, -0.2) is 18.7 Å². The molecule has 2 aromatic rings. The van der Waals surface area contributed by atoms with Gasteiger partial charge in [-0.2, -0.15) is 0 Å². The second-order valence-corrected chi connectivity index (χ2v) is 7.14. The van der Waals surface area contributed by atoms with Crippen LogP contribution in [0.25, 0.3) is 11.4 Å². The Labute approximate surface area is 182 Å². The summed E-state index contributed by atoms with van der Waals surface area (Å²) in [6.07, 6.45) is 1.32. The van der Waals surface area contributed by atoms with Crippen LogP contribution in [-0.4, -0.2) is 71.2 Å². The number of likely N-dealkylation sites (N-methyl/N-ethyl adjacent to an activating group) is 1. The number of carbonyl (C=O) groups excluding carboxylic acids is 2. The number of carbonyl (C=O) groups is 2. The Kier molecular flexibility index (Phi) is 6.67. The second-order valence-electron chi connectivity index (χ2n) is 7.14. The molecule has 1 aliphatic heterocycles. The van der Waals surface area contributed by atoms with Crippen LogP contribution in [-0.2, 0) is 9.53 Å². The maximum Gasteiger partial charge on any atom is 0.269 e. The van der Waals surface area contributed by atoms with Crippen molar-refractivity contribution >= 4 is 17.5 Å². The van der Waals surface area contributed by atoms with Crippen LogP contribution < -0.4 is 11.1 Å². The summed E-state index contributed by atoms with van der Waals surface area (Å²) in [5.74, 6) is 1.11. The third kappa shape index (κ3) is 4.66. The van der Waals surface area contributed by atoms with E-state index in [1.807, 2.05) is 0 Å². The summed E-state index contributed by atoms with van der Waals surface area (Å²) in [4.78, 5) is 33.2. The van der Waals surface area contributed by atoms with E-state index in [0.717, 1.165) is 6.07 Å². The van der Waals surface area contributed by atoms with E-state index in [-0.39, 0.29) is 34.8 Å². The van der Waals surface area contributed by atoms with Crippen molar-refractivity contribution in [3.63, 3.8) is 0 Å². The van der Waals surface area contributed by atoms with Crippen molar-refractivity contribution in [1.82, 2.24) is 14.9 Å². The lowest BCUT2D eigenvalue weighted by molar-refractivity contribution is -0.137. The Morgan fingerprint density at radius 1 is 1.41 bits per heavy atom. The minimum absolute atomic E-state index is 0.0631. The molecular formula is C21H21F2N5O4. The first-order valence-corrected chi connectivity index (χ1v) is 9.56. The van der Waals surface area contributed by atoms with Crippen LogP contribution in [0.4, 0.5) is 14.5 Å². The van der Waals surface area contributed by atoms with Gasteiger partial charge in [-0.3, -0.25) is 9.59 Å². The Balaban J connectivity index is 1.99. The second kappa shape index (κ2) is 9.25. The third-order valence-electron chi connectivity index (χ3n) is 4.85. The number of nitrogens with two attached hydrogens (primary N) is 1. The lowest BCUT2D eigenvalue weighted by atomic mass is 10.0. The van der Waals surface area contributed by atoms with Crippen molar-refractivity contribution in [1.29, 1.82) is 0 Å². The van der Waals surface area contributed by atoms with E-state index >= 15 is 0 Å². The van der Waals surface area contributed by atoms with Crippen molar-refractivity contribution in [2.45, 2.75) is 12.0 Å². The molecular weight excluding hydrogens is 424 g/mol. The SMILES string of the molecule is COCCNc1cnc(-c2cc(C#C[C@]3(O)CCN(C)C3=O)c(F)cc2F)nc1C(N)=O. The van der Waals surface area contributed by atoms with E-state index < -0.39 is 29.0 Å². The summed E-state index contributed by atoms with van der Waals surface area (Å²) in [5.41, 5.74) is 2.97. The number of likely N-dealkylation sites (tertiary alicyclic amines) is 1. The molecule has 0 saturated carbocycles. The van der Waals surface area contributed by atoms with Gasteiger partial charge in [0.05, 0.1) is 29.6 Å². The normalized spacial score (nSPS) is 17.8. The molecule has 0 spiro atoms. The Bertz CT molecular complexity index is 1130. The van der Waals surface area contributed by atoms with E-state index in [1.54, 1.807) is 0 Å². The number of amides is 2. The predicted molar refractivity (Wildman–Crippen MR) is 110 cm³/mol. The number of nitrogens with zero attached hydrogens (tertiary/aromatic N) is 3. The number of anilines is 1. The minimum Gasteiger partial charge on any atom is -0.383 e. The van der Waals surface area contributed by atoms with Crippen molar-refractivity contribution in [2.75, 3.05) is 39.2 Å². The van der Waals surface area contributed by atoms with Gasteiger partial charge in [0.15, 0.2) is 11.5 Å². The number of hydrogen-bond donors (Lipinski definition) is 3. The van der Waals surface area contributed by atoms with Crippen molar-refractivity contribution in [3.05, 3.63) is 41.2 Å². The number of ether oxygens (including phenoxy) is 1. The maximum absolute atomic E-state index is 14.5. The van der Waals surface area contributed by atoms with E-state index in [4.69, 9.17) is 10.5 Å². The number of rotatable bonds is 6. The van der Waals surface area contributed by atoms with E-state index in [1.165, 1.54) is 25.3 Å². The monoisotopic (exact) mass is 445 g/mol. The molecule has 0 bridgehead atoms. The van der Waals surface area contributed by atoms with Gasteiger partial charge in [0.2, 0.25) is 5.60 Å². The number of aliphatic hydroxyl groups is 1. The summed E-state index contributed by atoms with van der Waals surface area (Å²) in [7, 11) is 3.02.